The van der Waals surface area contributed by atoms with E-state index in [1.54, 1.807) is 48.5 Å². The van der Waals surface area contributed by atoms with Crippen molar-refractivity contribution in [2.75, 3.05) is 0 Å². The Labute approximate surface area is 192 Å². The van der Waals surface area contributed by atoms with Gasteiger partial charge in [0, 0.05) is 16.1 Å². The van der Waals surface area contributed by atoms with Crippen LogP contribution in [0.1, 0.15) is 16.7 Å². The van der Waals surface area contributed by atoms with Gasteiger partial charge >= 0.3 is 0 Å². The maximum atomic E-state index is 14.1. The molecule has 32 heavy (non-hydrogen) atoms. The molecule has 0 spiro atoms. The van der Waals surface area contributed by atoms with Gasteiger partial charge < -0.3 is 4.74 Å². The summed E-state index contributed by atoms with van der Waals surface area (Å²) < 4.78 is 33.5. The molecule has 4 rings (SSSR count). The molecule has 1 aliphatic rings. The fourth-order valence-electron chi connectivity index (χ4n) is 3.10. The van der Waals surface area contributed by atoms with E-state index in [0.29, 0.717) is 16.9 Å². The molecule has 3 aromatic carbocycles. The monoisotopic (exact) mass is 471 g/mol. The van der Waals surface area contributed by atoms with Crippen LogP contribution in [0.4, 0.5) is 13.6 Å². The summed E-state index contributed by atoms with van der Waals surface area (Å²) in [4.78, 5) is 26.3. The molecule has 0 atom stereocenters. The third-order valence-corrected chi connectivity index (χ3v) is 6.02. The van der Waals surface area contributed by atoms with E-state index >= 15 is 0 Å². The van der Waals surface area contributed by atoms with Gasteiger partial charge in [-0.3, -0.25) is 14.5 Å². The highest BCUT2D eigenvalue weighted by atomic mass is 35.5. The van der Waals surface area contributed by atoms with Crippen LogP contribution in [0.3, 0.4) is 0 Å². The molecule has 3 aromatic rings. The third kappa shape index (κ3) is 4.84. The number of carbonyl (C=O) groups is 2. The summed E-state index contributed by atoms with van der Waals surface area (Å²) in [6, 6.07) is 17.4. The van der Waals surface area contributed by atoms with Crippen molar-refractivity contribution in [3.05, 3.63) is 105 Å². The average Bonchev–Trinajstić information content (AvgIpc) is 3.03. The lowest BCUT2D eigenvalue weighted by Crippen LogP contribution is -2.28. The van der Waals surface area contributed by atoms with E-state index in [4.69, 9.17) is 16.3 Å². The zero-order valence-electron chi connectivity index (χ0n) is 16.6. The molecule has 0 aliphatic carbocycles. The lowest BCUT2D eigenvalue weighted by Gasteiger charge is -2.14. The summed E-state index contributed by atoms with van der Waals surface area (Å²) in [6.45, 7) is -0.199. The summed E-state index contributed by atoms with van der Waals surface area (Å²) in [5.41, 5.74) is 1.14. The van der Waals surface area contributed by atoms with Gasteiger partial charge in [-0.05, 0) is 53.7 Å². The van der Waals surface area contributed by atoms with E-state index in [2.05, 4.69) is 0 Å². The maximum absolute atomic E-state index is 14.1. The van der Waals surface area contributed by atoms with E-state index in [-0.39, 0.29) is 34.5 Å². The highest BCUT2D eigenvalue weighted by molar-refractivity contribution is 8.18. The normalized spacial score (nSPS) is 15.0. The molecule has 8 heteroatoms. The molecule has 1 fully saturated rings. The predicted molar refractivity (Wildman–Crippen MR) is 120 cm³/mol. The van der Waals surface area contributed by atoms with Crippen molar-refractivity contribution < 1.29 is 23.1 Å². The molecule has 0 N–H and O–H groups in total. The van der Waals surface area contributed by atoms with Gasteiger partial charge in [-0.15, -0.1) is 0 Å². The minimum absolute atomic E-state index is 0.0516. The molecule has 4 nitrogen and oxygen atoms in total. The average molecular weight is 472 g/mol. The Morgan fingerprint density at radius 3 is 2.50 bits per heavy atom. The number of nitrogens with zero attached hydrogens (tertiary/aromatic N) is 1. The van der Waals surface area contributed by atoms with Crippen LogP contribution in [0.2, 0.25) is 5.02 Å². The van der Waals surface area contributed by atoms with Gasteiger partial charge in [0.25, 0.3) is 11.1 Å². The third-order valence-electron chi connectivity index (χ3n) is 4.76. The molecule has 0 radical (unpaired) electrons. The fourth-order valence-corrected chi connectivity index (χ4v) is 4.16. The molecule has 1 saturated heterocycles. The Morgan fingerprint density at radius 2 is 1.72 bits per heavy atom. The van der Waals surface area contributed by atoms with Crippen molar-refractivity contribution in [1.82, 2.24) is 4.90 Å². The Hall–Kier alpha value is -3.16. The molecular weight excluding hydrogens is 456 g/mol. The Kier molecular flexibility index (Phi) is 6.58. The second kappa shape index (κ2) is 9.54. The first kappa shape index (κ1) is 22.0. The van der Waals surface area contributed by atoms with Crippen LogP contribution in [0.25, 0.3) is 6.08 Å². The zero-order chi connectivity index (χ0) is 22.7. The Balaban J connectivity index is 1.49. The van der Waals surface area contributed by atoms with Crippen molar-refractivity contribution in [2.24, 2.45) is 0 Å². The van der Waals surface area contributed by atoms with Crippen molar-refractivity contribution >= 4 is 40.6 Å². The number of ether oxygens (including phenoxy) is 1. The van der Waals surface area contributed by atoms with Crippen LogP contribution in [0, 0.1) is 11.6 Å². The smallest absolute Gasteiger partial charge is 0.293 e. The van der Waals surface area contributed by atoms with Crippen LogP contribution < -0.4 is 4.74 Å². The molecule has 0 unspecified atom stereocenters. The van der Waals surface area contributed by atoms with Crippen molar-refractivity contribution in [1.29, 1.82) is 0 Å². The molecule has 2 amide bonds. The number of halogens is 3. The van der Waals surface area contributed by atoms with E-state index in [1.165, 1.54) is 24.3 Å². The maximum Gasteiger partial charge on any atom is 0.293 e. The SMILES string of the molecule is O=C1S/C(=C\c2cccc(OCc3ccccc3F)c2)C(=O)N1Cc1c(F)cccc1Cl. The van der Waals surface area contributed by atoms with Crippen LogP contribution in [0.15, 0.2) is 71.6 Å². The first-order valence-corrected chi connectivity index (χ1v) is 10.8. The molecule has 0 saturated carbocycles. The highest BCUT2D eigenvalue weighted by Gasteiger charge is 2.35. The van der Waals surface area contributed by atoms with Crippen LogP contribution >= 0.6 is 23.4 Å². The molecular formula is C24H16ClF2NO3S. The summed E-state index contributed by atoms with van der Waals surface area (Å²) in [7, 11) is 0. The molecule has 1 aliphatic heterocycles. The number of amides is 2. The van der Waals surface area contributed by atoms with Gasteiger partial charge in [0.2, 0.25) is 0 Å². The van der Waals surface area contributed by atoms with Crippen LogP contribution in [-0.4, -0.2) is 16.0 Å². The topological polar surface area (TPSA) is 46.6 Å². The summed E-state index contributed by atoms with van der Waals surface area (Å²) in [6.07, 6.45) is 1.56. The Bertz CT molecular complexity index is 1210. The first-order chi connectivity index (χ1) is 15.4. The number of hydrogen-bond donors (Lipinski definition) is 0. The molecule has 0 bridgehead atoms. The van der Waals surface area contributed by atoms with Crippen molar-refractivity contribution in [2.45, 2.75) is 13.2 Å². The van der Waals surface area contributed by atoms with E-state index < -0.39 is 17.0 Å². The van der Waals surface area contributed by atoms with Crippen LogP contribution in [0.5, 0.6) is 5.75 Å². The lowest BCUT2D eigenvalue weighted by atomic mass is 10.1. The number of carbonyl (C=O) groups excluding carboxylic acids is 2. The zero-order valence-corrected chi connectivity index (χ0v) is 18.1. The minimum atomic E-state index is -0.583. The summed E-state index contributed by atoms with van der Waals surface area (Å²) in [5, 5.41) is -0.361. The van der Waals surface area contributed by atoms with Gasteiger partial charge in [0.15, 0.2) is 0 Å². The van der Waals surface area contributed by atoms with Crippen LogP contribution in [-0.2, 0) is 17.9 Å². The molecule has 162 valence electrons. The number of rotatable bonds is 6. The molecule has 0 aromatic heterocycles. The second-order valence-electron chi connectivity index (χ2n) is 6.92. The van der Waals surface area contributed by atoms with Gasteiger partial charge in [0.1, 0.15) is 24.0 Å². The summed E-state index contributed by atoms with van der Waals surface area (Å²) >= 11 is 6.79. The quantitative estimate of drug-likeness (QED) is 0.388. The number of benzene rings is 3. The largest absolute Gasteiger partial charge is 0.489 e. The fraction of sp³-hybridized carbons (Fsp3) is 0.0833. The highest BCUT2D eigenvalue weighted by Crippen LogP contribution is 2.35. The van der Waals surface area contributed by atoms with E-state index in [9.17, 15) is 18.4 Å². The van der Waals surface area contributed by atoms with Crippen molar-refractivity contribution in [3.63, 3.8) is 0 Å². The second-order valence-corrected chi connectivity index (χ2v) is 8.32. The van der Waals surface area contributed by atoms with Gasteiger partial charge in [-0.2, -0.15) is 0 Å². The summed E-state index contributed by atoms with van der Waals surface area (Å²) in [5.74, 6) is -0.983. The van der Waals surface area contributed by atoms with Gasteiger partial charge in [-0.25, -0.2) is 8.78 Å². The van der Waals surface area contributed by atoms with E-state index in [1.807, 2.05) is 0 Å². The number of thioether (sulfide) groups is 1. The Morgan fingerprint density at radius 1 is 0.969 bits per heavy atom. The predicted octanol–water partition coefficient (Wildman–Crippen LogP) is 6.43. The number of hydrogen-bond acceptors (Lipinski definition) is 4. The number of imide groups is 1. The van der Waals surface area contributed by atoms with E-state index in [0.717, 1.165) is 16.7 Å². The lowest BCUT2D eigenvalue weighted by molar-refractivity contribution is -0.123. The standard InChI is InChI=1S/C24H16ClF2NO3S/c25-19-8-4-10-21(27)18(19)13-28-23(29)22(32-24(28)30)12-15-5-3-7-17(11-15)31-14-16-6-1-2-9-20(16)26/h1-12H,13-14H2/b22-12-. The van der Waals surface area contributed by atoms with Gasteiger partial charge in [-0.1, -0.05) is 48.0 Å². The molecule has 1 heterocycles. The van der Waals surface area contributed by atoms with Crippen molar-refractivity contribution in [3.8, 4) is 5.75 Å². The minimum Gasteiger partial charge on any atom is -0.489 e. The van der Waals surface area contributed by atoms with Gasteiger partial charge in [0.05, 0.1) is 11.4 Å². The first-order valence-electron chi connectivity index (χ1n) is 9.57.